The first kappa shape index (κ1) is 20.9. The third-order valence-corrected chi connectivity index (χ3v) is 5.01. The first-order valence-electron chi connectivity index (χ1n) is 9.31. The van der Waals surface area contributed by atoms with Crippen LogP contribution in [0.4, 0.5) is 0 Å². The summed E-state index contributed by atoms with van der Waals surface area (Å²) < 4.78 is 16.1. The number of nitrogens with one attached hydrogen (secondary N) is 1. The molecule has 1 N–H and O–H groups in total. The minimum absolute atomic E-state index is 0.00143. The van der Waals surface area contributed by atoms with Gasteiger partial charge in [-0.3, -0.25) is 9.59 Å². The second-order valence-corrected chi connectivity index (χ2v) is 6.80. The number of hydrogen-bond acceptors (Lipinski definition) is 5. The third-order valence-electron chi connectivity index (χ3n) is 5.01. The number of benzene rings is 1. The monoisotopic (exact) mass is 378 g/mol. The molecule has 27 heavy (non-hydrogen) atoms. The van der Waals surface area contributed by atoms with Gasteiger partial charge in [-0.15, -0.1) is 0 Å². The molecular weight excluding hydrogens is 348 g/mol. The van der Waals surface area contributed by atoms with Gasteiger partial charge in [0.05, 0.1) is 27.9 Å². The molecule has 1 fully saturated rings. The molecule has 0 radical (unpaired) electrons. The molecule has 0 bridgehead atoms. The molecule has 2 rings (SSSR count). The highest BCUT2D eigenvalue weighted by Gasteiger charge is 2.22. The average molecular weight is 378 g/mol. The lowest BCUT2D eigenvalue weighted by atomic mass is 9.89. The predicted molar refractivity (Wildman–Crippen MR) is 102 cm³/mol. The zero-order valence-corrected chi connectivity index (χ0v) is 16.7. The zero-order valence-electron chi connectivity index (χ0n) is 16.7. The molecule has 0 spiro atoms. The van der Waals surface area contributed by atoms with Gasteiger partial charge in [-0.1, -0.05) is 19.3 Å². The molecular formula is C20H30N2O5. The molecule has 1 aliphatic carbocycles. The summed E-state index contributed by atoms with van der Waals surface area (Å²) in [6.07, 6.45) is 5.20. The highest BCUT2D eigenvalue weighted by molar-refractivity contribution is 5.85. The number of amides is 2. The normalized spacial score (nSPS) is 14.4. The van der Waals surface area contributed by atoms with E-state index in [9.17, 15) is 9.59 Å². The number of ether oxygens (including phenoxy) is 3. The van der Waals surface area contributed by atoms with Gasteiger partial charge in [0.25, 0.3) is 0 Å². The van der Waals surface area contributed by atoms with E-state index in [4.69, 9.17) is 14.2 Å². The fraction of sp³-hybridized carbons (Fsp3) is 0.600. The van der Waals surface area contributed by atoms with Crippen molar-refractivity contribution >= 4 is 11.8 Å². The van der Waals surface area contributed by atoms with Crippen molar-refractivity contribution in [2.45, 2.75) is 38.6 Å². The van der Waals surface area contributed by atoms with Crippen LogP contribution >= 0.6 is 0 Å². The molecule has 0 saturated heterocycles. The van der Waals surface area contributed by atoms with E-state index in [0.29, 0.717) is 23.8 Å². The van der Waals surface area contributed by atoms with E-state index in [1.165, 1.54) is 6.42 Å². The van der Waals surface area contributed by atoms with Crippen molar-refractivity contribution < 1.29 is 23.8 Å². The molecule has 0 unspecified atom stereocenters. The van der Waals surface area contributed by atoms with E-state index >= 15 is 0 Å². The van der Waals surface area contributed by atoms with Crippen molar-refractivity contribution in [3.8, 4) is 17.2 Å². The van der Waals surface area contributed by atoms with Gasteiger partial charge in [0.2, 0.25) is 17.6 Å². The van der Waals surface area contributed by atoms with Gasteiger partial charge in [0, 0.05) is 25.1 Å². The first-order valence-corrected chi connectivity index (χ1v) is 9.31. The molecule has 1 saturated carbocycles. The van der Waals surface area contributed by atoms with Gasteiger partial charge in [-0.25, -0.2) is 0 Å². The van der Waals surface area contributed by atoms with Crippen LogP contribution in [0.2, 0.25) is 0 Å². The SMILES string of the molecule is COc1ccc(CN(C)C(=O)CNC(=O)C2CCCCC2)c(OC)c1OC. The van der Waals surface area contributed by atoms with Crippen LogP contribution in [0.5, 0.6) is 17.2 Å². The lowest BCUT2D eigenvalue weighted by Crippen LogP contribution is -2.40. The van der Waals surface area contributed by atoms with Crippen LogP contribution in [-0.4, -0.2) is 51.6 Å². The summed E-state index contributed by atoms with van der Waals surface area (Å²) in [6.45, 7) is 0.336. The van der Waals surface area contributed by atoms with E-state index in [2.05, 4.69) is 5.32 Å². The number of methoxy groups -OCH3 is 3. The van der Waals surface area contributed by atoms with Crippen molar-refractivity contribution in [2.75, 3.05) is 34.9 Å². The van der Waals surface area contributed by atoms with Crippen molar-refractivity contribution in [3.63, 3.8) is 0 Å². The van der Waals surface area contributed by atoms with E-state index in [1.807, 2.05) is 6.07 Å². The third kappa shape index (κ3) is 5.28. The Hall–Kier alpha value is -2.44. The molecule has 1 aromatic rings. The zero-order chi connectivity index (χ0) is 19.8. The summed E-state index contributed by atoms with van der Waals surface area (Å²) in [5.74, 6) is 1.46. The second-order valence-electron chi connectivity index (χ2n) is 6.80. The maximum atomic E-state index is 12.4. The Bertz CT molecular complexity index is 656. The minimum atomic E-state index is -0.156. The Labute approximate surface area is 161 Å². The molecule has 1 aromatic carbocycles. The van der Waals surface area contributed by atoms with Gasteiger partial charge >= 0.3 is 0 Å². The summed E-state index contributed by atoms with van der Waals surface area (Å²) >= 11 is 0. The van der Waals surface area contributed by atoms with E-state index < -0.39 is 0 Å². The van der Waals surface area contributed by atoms with E-state index in [0.717, 1.165) is 31.2 Å². The smallest absolute Gasteiger partial charge is 0.242 e. The number of rotatable bonds is 8. The number of likely N-dealkylation sites (N-methyl/N-ethyl adjacent to an activating group) is 1. The van der Waals surface area contributed by atoms with Crippen LogP contribution in [0, 0.1) is 5.92 Å². The number of carbonyl (C=O) groups excluding carboxylic acids is 2. The Morgan fingerprint density at radius 1 is 1.04 bits per heavy atom. The van der Waals surface area contributed by atoms with Gasteiger partial charge in [-0.05, 0) is 25.0 Å². The molecule has 7 nitrogen and oxygen atoms in total. The maximum Gasteiger partial charge on any atom is 0.242 e. The summed E-state index contributed by atoms with van der Waals surface area (Å²) in [6, 6.07) is 3.62. The van der Waals surface area contributed by atoms with Gasteiger partial charge in [0.15, 0.2) is 11.5 Å². The van der Waals surface area contributed by atoms with Gasteiger partial charge in [0.1, 0.15) is 0 Å². The lowest BCUT2D eigenvalue weighted by Gasteiger charge is -2.23. The summed E-state index contributed by atoms with van der Waals surface area (Å²) in [5, 5.41) is 2.78. The second kappa shape index (κ2) is 10.0. The van der Waals surface area contributed by atoms with Gasteiger partial charge < -0.3 is 24.4 Å². The molecule has 7 heteroatoms. The Morgan fingerprint density at radius 2 is 1.70 bits per heavy atom. The summed E-state index contributed by atoms with van der Waals surface area (Å²) in [4.78, 5) is 26.2. The fourth-order valence-electron chi connectivity index (χ4n) is 3.44. The quantitative estimate of drug-likeness (QED) is 0.751. The van der Waals surface area contributed by atoms with Crippen LogP contribution in [0.15, 0.2) is 12.1 Å². The van der Waals surface area contributed by atoms with Crippen molar-refractivity contribution in [1.29, 1.82) is 0 Å². The van der Waals surface area contributed by atoms with Crippen molar-refractivity contribution in [3.05, 3.63) is 17.7 Å². The summed E-state index contributed by atoms with van der Waals surface area (Å²) in [7, 11) is 6.35. The highest BCUT2D eigenvalue weighted by Crippen LogP contribution is 2.40. The number of carbonyl (C=O) groups is 2. The van der Waals surface area contributed by atoms with Crippen LogP contribution in [0.3, 0.4) is 0 Å². The Kier molecular flexibility index (Phi) is 7.76. The Morgan fingerprint density at radius 3 is 2.30 bits per heavy atom. The average Bonchev–Trinajstić information content (AvgIpc) is 2.71. The summed E-state index contributed by atoms with van der Waals surface area (Å²) in [5.41, 5.74) is 0.796. The highest BCUT2D eigenvalue weighted by atomic mass is 16.5. The van der Waals surface area contributed by atoms with Crippen LogP contribution in [0.25, 0.3) is 0 Å². The maximum absolute atomic E-state index is 12.4. The number of nitrogens with zero attached hydrogens (tertiary/aromatic N) is 1. The van der Waals surface area contributed by atoms with E-state index in [1.54, 1.807) is 39.3 Å². The standard InChI is InChI=1S/C20H30N2O5/c1-22(17(23)12-21-20(24)14-8-6-5-7-9-14)13-15-10-11-16(25-2)19(27-4)18(15)26-3/h10-11,14H,5-9,12-13H2,1-4H3,(H,21,24). The van der Waals surface area contributed by atoms with Crippen LogP contribution in [-0.2, 0) is 16.1 Å². The molecule has 0 atom stereocenters. The van der Waals surface area contributed by atoms with Crippen LogP contribution in [0.1, 0.15) is 37.7 Å². The minimum Gasteiger partial charge on any atom is -0.493 e. The van der Waals surface area contributed by atoms with Crippen LogP contribution < -0.4 is 19.5 Å². The van der Waals surface area contributed by atoms with Crippen molar-refractivity contribution in [2.24, 2.45) is 5.92 Å². The largest absolute Gasteiger partial charge is 0.493 e. The lowest BCUT2D eigenvalue weighted by molar-refractivity contribution is -0.133. The van der Waals surface area contributed by atoms with E-state index in [-0.39, 0.29) is 24.3 Å². The fourth-order valence-corrected chi connectivity index (χ4v) is 3.44. The van der Waals surface area contributed by atoms with Crippen molar-refractivity contribution in [1.82, 2.24) is 10.2 Å². The first-order chi connectivity index (χ1) is 13.0. The molecule has 0 heterocycles. The van der Waals surface area contributed by atoms with Gasteiger partial charge in [-0.2, -0.15) is 0 Å². The molecule has 0 aromatic heterocycles. The molecule has 1 aliphatic rings. The number of hydrogen-bond donors (Lipinski definition) is 1. The topological polar surface area (TPSA) is 77.1 Å². The Balaban J connectivity index is 1.96. The predicted octanol–water partition coefficient (Wildman–Crippen LogP) is 2.37. The molecule has 2 amide bonds. The molecule has 150 valence electrons. The molecule has 0 aliphatic heterocycles.